The predicted molar refractivity (Wildman–Crippen MR) is 133 cm³/mol. The Morgan fingerprint density at radius 3 is 2.56 bits per heavy atom. The van der Waals surface area contributed by atoms with Crippen molar-refractivity contribution < 1.29 is 24.8 Å². The Hall–Kier alpha value is -3.66. The van der Waals surface area contributed by atoms with E-state index in [2.05, 4.69) is 58.8 Å². The number of aromatic nitrogens is 1. The van der Waals surface area contributed by atoms with Gasteiger partial charge >= 0.3 is 20.1 Å². The zero-order valence-corrected chi connectivity index (χ0v) is 20.8. The van der Waals surface area contributed by atoms with Gasteiger partial charge in [0, 0.05) is 17.6 Å². The zero-order chi connectivity index (χ0) is 22.2. The molecule has 0 saturated carbocycles. The van der Waals surface area contributed by atoms with Crippen molar-refractivity contribution >= 4 is 27.8 Å². The van der Waals surface area contributed by atoms with Crippen molar-refractivity contribution in [2.24, 2.45) is 0 Å². The van der Waals surface area contributed by atoms with Crippen LogP contribution in [0.15, 0.2) is 97.2 Å². The number of rotatable bonds is 1. The minimum atomic E-state index is 0. The predicted octanol–water partition coefficient (Wildman–Crippen LogP) is 7.00. The molecule has 0 spiro atoms. The van der Waals surface area contributed by atoms with Gasteiger partial charge in [-0.05, 0) is 30.9 Å². The summed E-state index contributed by atoms with van der Waals surface area (Å²) < 4.78 is 6.21. The number of benzene rings is 4. The molecule has 0 radical (unpaired) electrons. The molecule has 2 aliphatic rings. The van der Waals surface area contributed by atoms with Gasteiger partial charge in [0.2, 0.25) is 0 Å². The van der Waals surface area contributed by atoms with Crippen molar-refractivity contribution in [3.8, 4) is 22.8 Å². The third-order valence-electron chi connectivity index (χ3n) is 5.77. The van der Waals surface area contributed by atoms with Crippen LogP contribution in [0.4, 0.5) is 17.1 Å². The first-order valence-corrected chi connectivity index (χ1v) is 10.8. The molecule has 0 N–H and O–H groups in total. The number of hydrogen-bond donors (Lipinski definition) is 0. The normalized spacial score (nSPS) is 12.6. The number of fused-ring (bicyclic) bond motifs is 4. The molecule has 0 fully saturated rings. The number of anilines is 3. The van der Waals surface area contributed by atoms with Gasteiger partial charge < -0.3 is 19.5 Å². The van der Waals surface area contributed by atoms with Crippen LogP contribution >= 0.6 is 0 Å². The van der Waals surface area contributed by atoms with E-state index in [1.165, 1.54) is 0 Å². The fourth-order valence-corrected chi connectivity index (χ4v) is 4.22. The van der Waals surface area contributed by atoms with Gasteiger partial charge in [-0.15, -0.1) is 47.3 Å². The van der Waals surface area contributed by atoms with Crippen molar-refractivity contribution in [2.45, 2.75) is 0 Å². The maximum atomic E-state index is 6.21. The van der Waals surface area contributed by atoms with Gasteiger partial charge in [0.15, 0.2) is 0 Å². The minimum Gasteiger partial charge on any atom is -0.512 e. The molecule has 7 rings (SSSR count). The second-order valence-corrected chi connectivity index (χ2v) is 7.87. The zero-order valence-electron chi connectivity index (χ0n) is 18.4. The number of ether oxygens (including phenoxy) is 1. The van der Waals surface area contributed by atoms with Crippen LogP contribution < -0.4 is 14.5 Å². The topological polar surface area (TPSA) is 28.6 Å². The fourth-order valence-electron chi connectivity index (χ4n) is 4.22. The molecule has 166 valence electrons. The van der Waals surface area contributed by atoms with Crippen LogP contribution in [0.3, 0.4) is 0 Å². The summed E-state index contributed by atoms with van der Waals surface area (Å²) >= 11 is 0. The molecule has 0 saturated heterocycles. The Morgan fingerprint density at radius 2 is 1.74 bits per heavy atom. The molecule has 0 bridgehead atoms. The Labute approximate surface area is 212 Å². The molecule has 5 aromatic rings. The van der Waals surface area contributed by atoms with E-state index in [0.717, 1.165) is 50.6 Å². The largest absolute Gasteiger partial charge is 3.00 e. The molecule has 2 aliphatic heterocycles. The first-order chi connectivity index (χ1) is 16.3. The molecule has 0 atom stereocenters. The Bertz CT molecular complexity index is 1400. The molecule has 1 aromatic heterocycles. The van der Waals surface area contributed by atoms with Crippen LogP contribution in [-0.2, 0) is 20.1 Å². The molecule has 4 nitrogen and oxygen atoms in total. The third-order valence-corrected chi connectivity index (χ3v) is 5.77. The van der Waals surface area contributed by atoms with Crippen molar-refractivity contribution in [1.29, 1.82) is 0 Å². The quantitative estimate of drug-likeness (QED) is 0.189. The number of pyridine rings is 1. The van der Waals surface area contributed by atoms with E-state index in [0.29, 0.717) is 0 Å². The fraction of sp³-hybridized carbons (Fsp3) is 0.0345. The Kier molecular flexibility index (Phi) is 6.06. The van der Waals surface area contributed by atoms with Crippen LogP contribution in [0.25, 0.3) is 22.0 Å². The summed E-state index contributed by atoms with van der Waals surface area (Å²) in [4.78, 5) is 8.49. The Balaban J connectivity index is 0.000000159. The van der Waals surface area contributed by atoms with Crippen molar-refractivity contribution in [1.82, 2.24) is 4.98 Å². The average molecular weight is 619 g/mol. The van der Waals surface area contributed by atoms with E-state index in [4.69, 9.17) is 4.74 Å². The van der Waals surface area contributed by atoms with E-state index >= 15 is 0 Å². The van der Waals surface area contributed by atoms with E-state index in [1.54, 1.807) is 6.20 Å². The van der Waals surface area contributed by atoms with Gasteiger partial charge in [-0.25, -0.2) is 0 Å². The van der Waals surface area contributed by atoms with E-state index in [1.807, 2.05) is 72.8 Å². The first-order valence-electron chi connectivity index (χ1n) is 10.8. The monoisotopic (exact) mass is 619 g/mol. The molecule has 4 aromatic carbocycles. The average Bonchev–Trinajstić information content (AvgIpc) is 3.23. The Morgan fingerprint density at radius 1 is 0.882 bits per heavy atom. The maximum Gasteiger partial charge on any atom is 3.00 e. The van der Waals surface area contributed by atoms with Gasteiger partial charge in [0.25, 0.3) is 0 Å². The van der Waals surface area contributed by atoms with Crippen LogP contribution in [0.2, 0.25) is 0 Å². The minimum absolute atomic E-state index is 0. The number of para-hydroxylation sites is 1. The van der Waals surface area contributed by atoms with Crippen LogP contribution in [0, 0.1) is 18.8 Å². The van der Waals surface area contributed by atoms with Gasteiger partial charge in [-0.1, -0.05) is 47.5 Å². The van der Waals surface area contributed by atoms with Crippen molar-refractivity contribution in [3.05, 3.63) is 116 Å². The van der Waals surface area contributed by atoms with E-state index < -0.39 is 0 Å². The molecule has 5 heteroatoms. The van der Waals surface area contributed by atoms with Crippen LogP contribution in [0.1, 0.15) is 0 Å². The summed E-state index contributed by atoms with van der Waals surface area (Å²) in [6.07, 6.45) is 1.79. The molecule has 0 aliphatic carbocycles. The number of hydrogen-bond acceptors (Lipinski definition) is 4. The summed E-state index contributed by atoms with van der Waals surface area (Å²) in [6, 6.07) is 36.6. The second kappa shape index (κ2) is 9.30. The molecule has 0 amide bonds. The smallest absolute Gasteiger partial charge is 0.512 e. The maximum absolute atomic E-state index is 6.21. The summed E-state index contributed by atoms with van der Waals surface area (Å²) in [5, 5.41) is 2.26. The van der Waals surface area contributed by atoms with E-state index in [9.17, 15) is 0 Å². The van der Waals surface area contributed by atoms with Gasteiger partial charge in [0.1, 0.15) is 5.75 Å². The third kappa shape index (κ3) is 3.83. The summed E-state index contributed by atoms with van der Waals surface area (Å²) in [5.41, 5.74) is 5.23. The summed E-state index contributed by atoms with van der Waals surface area (Å²) in [6.45, 7) is 2.08. The van der Waals surface area contributed by atoms with Crippen LogP contribution in [-0.4, -0.2) is 12.0 Å². The molecule has 34 heavy (non-hydrogen) atoms. The van der Waals surface area contributed by atoms with Gasteiger partial charge in [-0.3, -0.25) is 0 Å². The summed E-state index contributed by atoms with van der Waals surface area (Å²) in [5.74, 6) is 1.77. The standard InChI is InChI=1S/C18H12N2O.C11H8N.Ir/c1-19-11-20-15-10-9-12-5-2-3-6-13(12)18(15)21-16-8-4-7-14(19)17(16)20;1-2-6-10(7-3-1)11-8-4-5-9-12-11;/h2-9,11H,1H3;1-6,8-9H;/q-2;-1;+3. The second-order valence-electron chi connectivity index (χ2n) is 7.87. The summed E-state index contributed by atoms with van der Waals surface area (Å²) in [7, 11) is 2.05. The van der Waals surface area contributed by atoms with Crippen molar-refractivity contribution in [3.63, 3.8) is 0 Å². The SMILES string of the molecule is CN1[CH-]N2c3[c-]cc4ccccc4c3Oc3cccc1c32.[Ir+3].[c-]1ccccc1-c1ccccn1. The molecule has 0 unspecified atom stereocenters. The van der Waals surface area contributed by atoms with Gasteiger partial charge in [0.05, 0.1) is 5.69 Å². The van der Waals surface area contributed by atoms with E-state index in [-0.39, 0.29) is 20.1 Å². The molecular formula is C29H20IrN3O. The molecule has 3 heterocycles. The van der Waals surface area contributed by atoms with Crippen LogP contribution in [0.5, 0.6) is 11.5 Å². The van der Waals surface area contributed by atoms with Crippen molar-refractivity contribution in [2.75, 3.05) is 16.8 Å². The first kappa shape index (κ1) is 22.1. The van der Waals surface area contributed by atoms with Gasteiger partial charge in [-0.2, -0.15) is 18.8 Å². The molecular weight excluding hydrogens is 599 g/mol. The number of nitrogens with zero attached hydrogens (tertiary/aromatic N) is 3.